The minimum absolute atomic E-state index is 0.0477. The molecule has 0 fully saturated rings. The van der Waals surface area contributed by atoms with E-state index in [0.717, 1.165) is 10.6 Å². The van der Waals surface area contributed by atoms with E-state index in [-0.39, 0.29) is 6.04 Å². The third kappa shape index (κ3) is 2.82. The molecular weight excluding hydrogens is 252 g/mol. The molecule has 0 amide bonds. The van der Waals surface area contributed by atoms with E-state index in [2.05, 4.69) is 35.3 Å². The van der Waals surface area contributed by atoms with Gasteiger partial charge in [-0.3, -0.25) is 0 Å². The first-order valence-corrected chi connectivity index (χ1v) is 7.55. The van der Waals surface area contributed by atoms with Crippen molar-refractivity contribution in [2.24, 2.45) is 5.73 Å². The molecule has 0 spiro atoms. The van der Waals surface area contributed by atoms with E-state index in [9.17, 15) is 0 Å². The second-order valence-electron chi connectivity index (χ2n) is 5.10. The lowest BCUT2D eigenvalue weighted by Crippen LogP contribution is -2.04. The van der Waals surface area contributed by atoms with Crippen molar-refractivity contribution in [1.82, 2.24) is 4.98 Å². The van der Waals surface area contributed by atoms with Crippen LogP contribution < -0.4 is 5.73 Å². The van der Waals surface area contributed by atoms with Crippen LogP contribution in [0.25, 0.3) is 0 Å². The largest absolute Gasteiger partial charge is 0.324 e. The van der Waals surface area contributed by atoms with Crippen LogP contribution in [0.2, 0.25) is 0 Å². The quantitative estimate of drug-likeness (QED) is 0.923. The number of hydrogen-bond donors (Lipinski definition) is 1. The Hall–Kier alpha value is -1.32. The second kappa shape index (κ2) is 5.35. The number of hydrogen-bond acceptors (Lipinski definition) is 3. The van der Waals surface area contributed by atoms with Crippen LogP contribution in [0, 0.1) is 0 Å². The summed E-state index contributed by atoms with van der Waals surface area (Å²) in [6.07, 6.45) is 5.63. The van der Waals surface area contributed by atoms with Gasteiger partial charge in [0.05, 0.1) is 0 Å². The topological polar surface area (TPSA) is 38.9 Å². The fourth-order valence-electron chi connectivity index (χ4n) is 2.45. The Labute approximate surface area is 118 Å². The average molecular weight is 270 g/mol. The monoisotopic (exact) mass is 270 g/mol. The normalized spacial score (nSPS) is 15.3. The summed E-state index contributed by atoms with van der Waals surface area (Å²) in [5.74, 6) is 0. The number of nitrogens with zero attached hydrogens (tertiary/aromatic N) is 1. The lowest BCUT2D eigenvalue weighted by Gasteiger charge is -2.07. The molecule has 1 aromatic heterocycles. The second-order valence-corrected chi connectivity index (χ2v) is 6.20. The molecule has 3 heteroatoms. The van der Waals surface area contributed by atoms with Gasteiger partial charge in [-0.1, -0.05) is 23.9 Å². The van der Waals surface area contributed by atoms with Gasteiger partial charge in [0.15, 0.2) is 0 Å². The summed E-state index contributed by atoms with van der Waals surface area (Å²) in [5, 5.41) is 1.03. The van der Waals surface area contributed by atoms with E-state index in [1.807, 2.05) is 13.1 Å². The van der Waals surface area contributed by atoms with Gasteiger partial charge in [-0.2, -0.15) is 0 Å². The summed E-state index contributed by atoms with van der Waals surface area (Å²) in [6.45, 7) is 1.98. The number of pyridine rings is 1. The van der Waals surface area contributed by atoms with Crippen LogP contribution in [0.1, 0.15) is 36.1 Å². The van der Waals surface area contributed by atoms with E-state index in [1.54, 1.807) is 11.8 Å². The van der Waals surface area contributed by atoms with Crippen molar-refractivity contribution in [2.75, 3.05) is 0 Å². The maximum Gasteiger partial charge on any atom is 0.101 e. The molecule has 2 aromatic rings. The Morgan fingerprint density at radius 2 is 2.00 bits per heavy atom. The summed E-state index contributed by atoms with van der Waals surface area (Å²) < 4.78 is 0. The lowest BCUT2D eigenvalue weighted by molar-refractivity contribution is 0.806. The van der Waals surface area contributed by atoms with Gasteiger partial charge in [0, 0.05) is 17.1 Å². The molecule has 1 aliphatic rings. The molecule has 0 radical (unpaired) electrons. The number of nitrogens with two attached hydrogens (primary N) is 1. The van der Waals surface area contributed by atoms with Crippen LogP contribution in [0.3, 0.4) is 0 Å². The summed E-state index contributed by atoms with van der Waals surface area (Å²) in [5.41, 5.74) is 9.94. The van der Waals surface area contributed by atoms with E-state index in [4.69, 9.17) is 5.73 Å². The third-order valence-electron chi connectivity index (χ3n) is 3.58. The fourth-order valence-corrected chi connectivity index (χ4v) is 3.27. The van der Waals surface area contributed by atoms with E-state index in [1.165, 1.54) is 35.3 Å². The molecule has 2 N–H and O–H groups in total. The van der Waals surface area contributed by atoms with Crippen molar-refractivity contribution in [3.63, 3.8) is 0 Å². The Balaban J connectivity index is 1.77. The predicted molar refractivity (Wildman–Crippen MR) is 79.4 cm³/mol. The van der Waals surface area contributed by atoms with Gasteiger partial charge in [-0.15, -0.1) is 0 Å². The highest BCUT2D eigenvalue weighted by Crippen LogP contribution is 2.31. The molecule has 0 bridgehead atoms. The zero-order valence-corrected chi connectivity index (χ0v) is 11.9. The standard InChI is InChI=1S/C16H18N2S/c1-11(17)14-6-8-16(18-10-14)19-15-7-5-12-3-2-4-13(12)9-15/h5-11H,2-4,17H2,1H3/t11-/m0/s1. The van der Waals surface area contributed by atoms with E-state index >= 15 is 0 Å². The molecule has 2 nitrogen and oxygen atoms in total. The number of fused-ring (bicyclic) bond motifs is 1. The molecular formula is C16H18N2S. The summed E-state index contributed by atoms with van der Waals surface area (Å²) in [6, 6.07) is 10.9. The first kappa shape index (κ1) is 12.7. The SMILES string of the molecule is C[C@H](N)c1ccc(Sc2ccc3c(c2)CCC3)nc1. The first-order valence-electron chi connectivity index (χ1n) is 6.73. The van der Waals surface area contributed by atoms with Crippen molar-refractivity contribution in [3.8, 4) is 0 Å². The highest BCUT2D eigenvalue weighted by molar-refractivity contribution is 7.99. The minimum atomic E-state index is 0.0477. The maximum absolute atomic E-state index is 5.83. The van der Waals surface area contributed by atoms with Gasteiger partial charge in [0.2, 0.25) is 0 Å². The number of benzene rings is 1. The molecule has 3 rings (SSSR count). The van der Waals surface area contributed by atoms with Crippen LogP contribution in [0.5, 0.6) is 0 Å². The Morgan fingerprint density at radius 3 is 2.74 bits per heavy atom. The van der Waals surface area contributed by atoms with Crippen LogP contribution in [-0.2, 0) is 12.8 Å². The maximum atomic E-state index is 5.83. The van der Waals surface area contributed by atoms with E-state index < -0.39 is 0 Å². The van der Waals surface area contributed by atoms with Crippen molar-refractivity contribution in [1.29, 1.82) is 0 Å². The minimum Gasteiger partial charge on any atom is -0.324 e. The Morgan fingerprint density at radius 1 is 1.16 bits per heavy atom. The van der Waals surface area contributed by atoms with Crippen molar-refractivity contribution in [3.05, 3.63) is 53.2 Å². The first-order chi connectivity index (χ1) is 9.22. The molecule has 1 aliphatic carbocycles. The van der Waals surface area contributed by atoms with Gasteiger partial charge >= 0.3 is 0 Å². The van der Waals surface area contributed by atoms with Crippen LogP contribution in [0.4, 0.5) is 0 Å². The molecule has 0 saturated carbocycles. The van der Waals surface area contributed by atoms with Gasteiger partial charge in [0.25, 0.3) is 0 Å². The highest BCUT2D eigenvalue weighted by Gasteiger charge is 2.11. The fraction of sp³-hybridized carbons (Fsp3) is 0.312. The molecule has 0 aliphatic heterocycles. The van der Waals surface area contributed by atoms with E-state index in [0.29, 0.717) is 0 Å². The highest BCUT2D eigenvalue weighted by atomic mass is 32.2. The number of aryl methyl sites for hydroxylation is 2. The molecule has 1 heterocycles. The molecule has 1 atom stereocenters. The summed E-state index contributed by atoms with van der Waals surface area (Å²) >= 11 is 1.72. The van der Waals surface area contributed by atoms with Crippen LogP contribution >= 0.6 is 11.8 Å². The number of rotatable bonds is 3. The molecule has 98 valence electrons. The predicted octanol–water partition coefficient (Wildman–Crippen LogP) is 3.74. The number of aromatic nitrogens is 1. The molecule has 19 heavy (non-hydrogen) atoms. The van der Waals surface area contributed by atoms with Gasteiger partial charge < -0.3 is 5.73 Å². The zero-order valence-electron chi connectivity index (χ0n) is 11.1. The summed E-state index contributed by atoms with van der Waals surface area (Å²) in [7, 11) is 0. The van der Waals surface area contributed by atoms with Gasteiger partial charge in [-0.25, -0.2) is 4.98 Å². The van der Waals surface area contributed by atoms with Crippen LogP contribution in [-0.4, -0.2) is 4.98 Å². The molecule has 1 aromatic carbocycles. The zero-order chi connectivity index (χ0) is 13.2. The Bertz CT molecular complexity index is 576. The average Bonchev–Trinajstić information content (AvgIpc) is 2.87. The lowest BCUT2D eigenvalue weighted by atomic mass is 10.1. The van der Waals surface area contributed by atoms with Gasteiger partial charge in [-0.05, 0) is 61.1 Å². The van der Waals surface area contributed by atoms with Crippen molar-refractivity contribution >= 4 is 11.8 Å². The molecule has 0 unspecified atom stereocenters. The van der Waals surface area contributed by atoms with Crippen molar-refractivity contribution in [2.45, 2.75) is 42.1 Å². The summed E-state index contributed by atoms with van der Waals surface area (Å²) in [4.78, 5) is 5.75. The van der Waals surface area contributed by atoms with Crippen molar-refractivity contribution < 1.29 is 0 Å². The smallest absolute Gasteiger partial charge is 0.101 e. The Kier molecular flexibility index (Phi) is 3.58. The van der Waals surface area contributed by atoms with Gasteiger partial charge in [0.1, 0.15) is 5.03 Å². The van der Waals surface area contributed by atoms with Crippen LogP contribution in [0.15, 0.2) is 46.5 Å². The molecule has 0 saturated heterocycles. The third-order valence-corrected chi connectivity index (χ3v) is 4.52.